The van der Waals surface area contributed by atoms with Gasteiger partial charge in [-0.15, -0.1) is 24.8 Å². The Hall–Kier alpha value is -1.08. The van der Waals surface area contributed by atoms with E-state index in [1.807, 2.05) is 4.57 Å². The van der Waals surface area contributed by atoms with Gasteiger partial charge in [0.1, 0.15) is 0 Å². The summed E-state index contributed by atoms with van der Waals surface area (Å²) < 4.78 is 2.04. The number of nitrogens with one attached hydrogen (secondary N) is 1. The normalized spacial score (nSPS) is 28.1. The molecule has 0 radical (unpaired) electrons. The summed E-state index contributed by atoms with van der Waals surface area (Å²) in [5.74, 6) is 1.17. The first-order valence-electron chi connectivity index (χ1n) is 11.6. The van der Waals surface area contributed by atoms with Crippen molar-refractivity contribution in [2.24, 2.45) is 11.8 Å². The summed E-state index contributed by atoms with van der Waals surface area (Å²) >= 11 is 0. The standard InChI is InChI=1S/C23H34N4O2.2ClH/c28-22(18-5-4-8-24-12-18)26-13-17-11-20(16-26)21-7-6-19(23(29)27(21)14-17)15-25-9-2-1-3-10-25;;/h6-7,17-18,20,24H,1-5,8-16H2;2*1H/t17-,18-,20+;;/m0../s1. The molecule has 5 heterocycles. The number of likely N-dealkylation sites (tertiary alicyclic amines) is 2. The molecule has 4 aliphatic heterocycles. The van der Waals surface area contributed by atoms with Crippen molar-refractivity contribution in [2.45, 2.75) is 57.5 Å². The third kappa shape index (κ3) is 5.13. The van der Waals surface area contributed by atoms with Crippen LogP contribution in [0.15, 0.2) is 16.9 Å². The fourth-order valence-electron chi connectivity index (χ4n) is 5.97. The van der Waals surface area contributed by atoms with Gasteiger partial charge < -0.3 is 14.8 Å². The summed E-state index contributed by atoms with van der Waals surface area (Å²) in [4.78, 5) is 30.8. The van der Waals surface area contributed by atoms with Crippen LogP contribution in [-0.2, 0) is 17.9 Å². The first kappa shape index (κ1) is 24.6. The number of halogens is 2. The predicted octanol–water partition coefficient (Wildman–Crippen LogP) is 2.62. The highest BCUT2D eigenvalue weighted by molar-refractivity contribution is 5.85. The quantitative estimate of drug-likeness (QED) is 0.737. The molecule has 1 aromatic rings. The van der Waals surface area contributed by atoms with Crippen LogP contribution in [0.2, 0.25) is 0 Å². The minimum absolute atomic E-state index is 0. The maximum Gasteiger partial charge on any atom is 0.255 e. The maximum absolute atomic E-state index is 13.2. The molecule has 3 atom stereocenters. The van der Waals surface area contributed by atoms with Gasteiger partial charge in [0.25, 0.3) is 5.56 Å². The van der Waals surface area contributed by atoms with E-state index in [1.54, 1.807) is 0 Å². The van der Waals surface area contributed by atoms with Crippen LogP contribution in [0.3, 0.4) is 0 Å². The number of rotatable bonds is 3. The fraction of sp³-hybridized carbons (Fsp3) is 0.739. The molecule has 1 aromatic heterocycles. The number of carbonyl (C=O) groups excluding carboxylic acids is 1. The molecule has 0 aliphatic carbocycles. The number of piperidine rings is 3. The first-order valence-corrected chi connectivity index (χ1v) is 11.6. The molecule has 2 bridgehead atoms. The van der Waals surface area contributed by atoms with Gasteiger partial charge in [0.05, 0.1) is 5.92 Å². The van der Waals surface area contributed by atoms with E-state index < -0.39 is 0 Å². The van der Waals surface area contributed by atoms with Crippen LogP contribution in [-0.4, -0.2) is 59.5 Å². The zero-order valence-corrected chi connectivity index (χ0v) is 19.9. The largest absolute Gasteiger partial charge is 0.341 e. The summed E-state index contributed by atoms with van der Waals surface area (Å²) in [6.45, 7) is 7.22. The van der Waals surface area contributed by atoms with Crippen molar-refractivity contribution in [1.29, 1.82) is 0 Å². The first-order chi connectivity index (χ1) is 14.2. The molecule has 0 saturated carbocycles. The van der Waals surface area contributed by atoms with Crippen molar-refractivity contribution in [3.63, 3.8) is 0 Å². The lowest BCUT2D eigenvalue weighted by Crippen LogP contribution is -2.52. The average molecular weight is 471 g/mol. The third-order valence-electron chi connectivity index (χ3n) is 7.48. The third-order valence-corrected chi connectivity index (χ3v) is 7.48. The highest BCUT2D eigenvalue weighted by Gasteiger charge is 2.38. The Labute approximate surface area is 197 Å². The lowest BCUT2D eigenvalue weighted by atomic mass is 9.82. The number of amides is 1. The number of carbonyl (C=O) groups is 1. The van der Waals surface area contributed by atoms with E-state index in [9.17, 15) is 9.59 Å². The van der Waals surface area contributed by atoms with Gasteiger partial charge in [-0.3, -0.25) is 14.5 Å². The monoisotopic (exact) mass is 470 g/mol. The molecular formula is C23H36Cl2N4O2. The topological polar surface area (TPSA) is 57.6 Å². The van der Waals surface area contributed by atoms with Crippen molar-refractivity contribution in [3.05, 3.63) is 33.7 Å². The van der Waals surface area contributed by atoms with Gasteiger partial charge in [-0.2, -0.15) is 0 Å². The summed E-state index contributed by atoms with van der Waals surface area (Å²) in [5, 5.41) is 3.37. The summed E-state index contributed by atoms with van der Waals surface area (Å²) in [5.41, 5.74) is 2.30. The Balaban J connectivity index is 0.00000136. The lowest BCUT2D eigenvalue weighted by Gasteiger charge is -2.44. The number of aromatic nitrogens is 1. The second kappa shape index (κ2) is 10.7. The van der Waals surface area contributed by atoms with Crippen LogP contribution in [0.25, 0.3) is 0 Å². The summed E-state index contributed by atoms with van der Waals surface area (Å²) in [7, 11) is 0. The summed E-state index contributed by atoms with van der Waals surface area (Å²) in [6.07, 6.45) is 7.02. The fourth-order valence-corrected chi connectivity index (χ4v) is 5.97. The average Bonchev–Trinajstić information content (AvgIpc) is 2.77. The van der Waals surface area contributed by atoms with E-state index in [0.717, 1.165) is 82.9 Å². The molecule has 31 heavy (non-hydrogen) atoms. The van der Waals surface area contributed by atoms with Crippen LogP contribution in [0.5, 0.6) is 0 Å². The van der Waals surface area contributed by atoms with Gasteiger partial charge in [-0.05, 0) is 63.7 Å². The van der Waals surface area contributed by atoms with Crippen molar-refractivity contribution >= 4 is 30.7 Å². The number of hydrogen-bond donors (Lipinski definition) is 1. The van der Waals surface area contributed by atoms with E-state index in [-0.39, 0.29) is 36.3 Å². The van der Waals surface area contributed by atoms with Crippen LogP contribution >= 0.6 is 24.8 Å². The Bertz CT molecular complexity index is 818. The Morgan fingerprint density at radius 3 is 2.58 bits per heavy atom. The SMILES string of the molecule is Cl.Cl.O=C([C@H]1CCCNC1)N1C[C@@H]2C[C@H](C1)c1ccc(CN3CCCCC3)c(=O)n1C2. The summed E-state index contributed by atoms with van der Waals surface area (Å²) in [6, 6.07) is 4.24. The van der Waals surface area contributed by atoms with Crippen molar-refractivity contribution in [1.82, 2.24) is 19.7 Å². The molecule has 5 rings (SSSR count). The van der Waals surface area contributed by atoms with E-state index in [1.165, 1.54) is 19.3 Å². The van der Waals surface area contributed by atoms with E-state index >= 15 is 0 Å². The molecular weight excluding hydrogens is 435 g/mol. The maximum atomic E-state index is 13.2. The molecule has 174 valence electrons. The molecule has 1 N–H and O–H groups in total. The molecule has 4 aliphatic rings. The second-order valence-electron chi connectivity index (χ2n) is 9.62. The van der Waals surface area contributed by atoms with Crippen LogP contribution in [0, 0.1) is 11.8 Å². The van der Waals surface area contributed by atoms with Gasteiger partial charge in [0.2, 0.25) is 5.91 Å². The van der Waals surface area contributed by atoms with E-state index in [0.29, 0.717) is 17.7 Å². The lowest BCUT2D eigenvalue weighted by molar-refractivity contribution is -0.138. The second-order valence-corrected chi connectivity index (χ2v) is 9.62. The van der Waals surface area contributed by atoms with Crippen molar-refractivity contribution in [2.75, 3.05) is 39.3 Å². The van der Waals surface area contributed by atoms with Crippen LogP contribution < -0.4 is 10.9 Å². The Kier molecular flexibility index (Phi) is 8.47. The number of pyridine rings is 1. The Morgan fingerprint density at radius 2 is 1.84 bits per heavy atom. The molecule has 8 heteroatoms. The van der Waals surface area contributed by atoms with Gasteiger partial charge in [0, 0.05) is 49.9 Å². The van der Waals surface area contributed by atoms with Crippen LogP contribution in [0.1, 0.15) is 55.7 Å². The number of fused-ring (bicyclic) bond motifs is 4. The molecule has 0 spiro atoms. The molecule has 3 fully saturated rings. The van der Waals surface area contributed by atoms with Gasteiger partial charge in [-0.25, -0.2) is 0 Å². The molecule has 6 nitrogen and oxygen atoms in total. The molecule has 0 aromatic carbocycles. The number of hydrogen-bond acceptors (Lipinski definition) is 4. The predicted molar refractivity (Wildman–Crippen MR) is 127 cm³/mol. The molecule has 1 amide bonds. The highest BCUT2D eigenvalue weighted by atomic mass is 35.5. The zero-order valence-electron chi connectivity index (χ0n) is 18.3. The molecule has 3 saturated heterocycles. The minimum atomic E-state index is 0. The van der Waals surface area contributed by atoms with Crippen molar-refractivity contribution < 1.29 is 4.79 Å². The van der Waals surface area contributed by atoms with Crippen LogP contribution in [0.4, 0.5) is 0 Å². The smallest absolute Gasteiger partial charge is 0.255 e. The van der Waals surface area contributed by atoms with Gasteiger partial charge >= 0.3 is 0 Å². The van der Waals surface area contributed by atoms with Crippen molar-refractivity contribution in [3.8, 4) is 0 Å². The zero-order chi connectivity index (χ0) is 19.8. The van der Waals surface area contributed by atoms with Gasteiger partial charge in [0.15, 0.2) is 0 Å². The Morgan fingerprint density at radius 1 is 1.03 bits per heavy atom. The minimum Gasteiger partial charge on any atom is -0.341 e. The number of nitrogens with zero attached hydrogens (tertiary/aromatic N) is 3. The molecule has 0 unspecified atom stereocenters. The highest BCUT2D eigenvalue weighted by Crippen LogP contribution is 2.36. The van der Waals surface area contributed by atoms with Gasteiger partial charge in [-0.1, -0.05) is 12.5 Å². The van der Waals surface area contributed by atoms with E-state index in [2.05, 4.69) is 27.2 Å². The van der Waals surface area contributed by atoms with E-state index in [4.69, 9.17) is 0 Å².